The Morgan fingerprint density at radius 1 is 1.12 bits per heavy atom. The van der Waals surface area contributed by atoms with Crippen molar-refractivity contribution in [3.8, 4) is 5.75 Å². The summed E-state index contributed by atoms with van der Waals surface area (Å²) in [6.45, 7) is 5.17. The number of benzene rings is 2. The highest BCUT2D eigenvalue weighted by Crippen LogP contribution is 2.32. The number of ether oxygens (including phenoxy) is 1. The Bertz CT molecular complexity index is 707. The molecule has 0 bridgehead atoms. The summed E-state index contributed by atoms with van der Waals surface area (Å²) in [6, 6.07) is 18.5. The van der Waals surface area contributed by atoms with E-state index in [1.54, 1.807) is 7.11 Å². The van der Waals surface area contributed by atoms with Crippen LogP contribution in [0, 0.1) is 0 Å². The van der Waals surface area contributed by atoms with Gasteiger partial charge in [0.25, 0.3) is 0 Å². The van der Waals surface area contributed by atoms with Crippen LogP contribution in [0.1, 0.15) is 25.0 Å². The topological polar surface area (TPSA) is 50.5 Å². The molecule has 1 atom stereocenters. The number of rotatable bonds is 4. The van der Waals surface area contributed by atoms with Gasteiger partial charge in [-0.3, -0.25) is 10.6 Å². The van der Waals surface area contributed by atoms with Crippen molar-refractivity contribution in [1.82, 2.24) is 10.2 Å². The molecule has 126 valence electrons. The average Bonchev–Trinajstić information content (AvgIpc) is 2.79. The van der Waals surface area contributed by atoms with Gasteiger partial charge in [-0.2, -0.15) is 0 Å². The van der Waals surface area contributed by atoms with Crippen molar-refractivity contribution < 1.29 is 4.74 Å². The number of hydrogen-bond donors (Lipinski definition) is 2. The first-order valence-electron chi connectivity index (χ1n) is 8.20. The monoisotopic (exact) mass is 323 g/mol. The molecule has 3 rings (SSSR count). The van der Waals surface area contributed by atoms with Gasteiger partial charge in [0.2, 0.25) is 0 Å². The van der Waals surface area contributed by atoms with Gasteiger partial charge in [0, 0.05) is 12.2 Å². The summed E-state index contributed by atoms with van der Waals surface area (Å²) in [5.74, 6) is 0.867. The molecule has 2 aromatic carbocycles. The van der Waals surface area contributed by atoms with Gasteiger partial charge in [-0.15, -0.1) is 0 Å². The number of hydrogen-bond acceptors (Lipinski definition) is 4. The van der Waals surface area contributed by atoms with Crippen LogP contribution in [0.5, 0.6) is 5.75 Å². The molecule has 0 amide bonds. The number of nitrogens with one attached hydrogen (secondary N) is 1. The summed E-state index contributed by atoms with van der Waals surface area (Å²) in [6.07, 6.45) is 1.96. The molecule has 3 N–H and O–H groups in total. The van der Waals surface area contributed by atoms with Crippen LogP contribution in [0.2, 0.25) is 0 Å². The molecule has 1 aliphatic heterocycles. The lowest BCUT2D eigenvalue weighted by atomic mass is 9.97. The molecule has 0 spiro atoms. The first-order chi connectivity index (χ1) is 11.5. The fraction of sp³-hybridized carbons (Fsp3) is 0.300. The Hall–Kier alpha value is -2.30. The molecule has 0 aliphatic carbocycles. The fourth-order valence-electron chi connectivity index (χ4n) is 3.07. The molecular weight excluding hydrogens is 298 g/mol. The van der Waals surface area contributed by atoms with Crippen LogP contribution in [0.4, 0.5) is 0 Å². The van der Waals surface area contributed by atoms with Crippen LogP contribution in [0.15, 0.2) is 60.3 Å². The molecule has 1 fully saturated rings. The minimum absolute atomic E-state index is 0.171. The van der Waals surface area contributed by atoms with Gasteiger partial charge in [0.05, 0.1) is 12.6 Å². The van der Waals surface area contributed by atoms with E-state index in [2.05, 4.69) is 54.4 Å². The molecule has 1 heterocycles. The highest BCUT2D eigenvalue weighted by Gasteiger charge is 2.41. The first kappa shape index (κ1) is 16.6. The SMILES string of the molecule is COc1ccc(CN2C(N)N/C(=C\c3ccccc3)C2(C)C)cc1. The Kier molecular flexibility index (Phi) is 4.60. The van der Waals surface area contributed by atoms with Gasteiger partial charge >= 0.3 is 0 Å². The van der Waals surface area contributed by atoms with Crippen molar-refractivity contribution in [3.63, 3.8) is 0 Å². The Balaban J connectivity index is 1.82. The van der Waals surface area contributed by atoms with Gasteiger partial charge in [-0.05, 0) is 43.2 Å². The molecule has 1 aliphatic rings. The Morgan fingerprint density at radius 2 is 1.79 bits per heavy atom. The number of nitrogens with two attached hydrogens (primary N) is 1. The van der Waals surface area contributed by atoms with Crippen molar-refractivity contribution in [3.05, 3.63) is 71.4 Å². The average molecular weight is 323 g/mol. The zero-order valence-corrected chi connectivity index (χ0v) is 14.5. The van der Waals surface area contributed by atoms with E-state index >= 15 is 0 Å². The molecule has 1 unspecified atom stereocenters. The van der Waals surface area contributed by atoms with Gasteiger partial charge in [-0.1, -0.05) is 42.5 Å². The third kappa shape index (κ3) is 3.30. The largest absolute Gasteiger partial charge is 0.497 e. The van der Waals surface area contributed by atoms with E-state index in [-0.39, 0.29) is 11.8 Å². The zero-order chi connectivity index (χ0) is 17.2. The Morgan fingerprint density at radius 3 is 2.42 bits per heavy atom. The second-order valence-corrected chi connectivity index (χ2v) is 6.59. The third-order valence-corrected chi connectivity index (χ3v) is 4.64. The molecule has 0 radical (unpaired) electrons. The molecular formula is C20H25N3O. The highest BCUT2D eigenvalue weighted by atomic mass is 16.5. The highest BCUT2D eigenvalue weighted by molar-refractivity contribution is 5.55. The fourth-order valence-corrected chi connectivity index (χ4v) is 3.07. The van der Waals surface area contributed by atoms with Crippen LogP contribution in [-0.2, 0) is 6.54 Å². The maximum Gasteiger partial charge on any atom is 0.133 e. The predicted molar refractivity (Wildman–Crippen MR) is 98.1 cm³/mol. The molecule has 1 saturated heterocycles. The van der Waals surface area contributed by atoms with Gasteiger partial charge < -0.3 is 10.1 Å². The van der Waals surface area contributed by atoms with Crippen LogP contribution in [0.3, 0.4) is 0 Å². The molecule has 4 heteroatoms. The van der Waals surface area contributed by atoms with Gasteiger partial charge in [0.1, 0.15) is 12.0 Å². The minimum atomic E-state index is -0.211. The Labute approximate surface area is 143 Å². The van der Waals surface area contributed by atoms with E-state index in [4.69, 9.17) is 10.5 Å². The van der Waals surface area contributed by atoms with Crippen LogP contribution >= 0.6 is 0 Å². The molecule has 2 aromatic rings. The predicted octanol–water partition coefficient (Wildman–Crippen LogP) is 3.16. The van der Waals surface area contributed by atoms with Crippen molar-refractivity contribution in [1.29, 1.82) is 0 Å². The van der Waals surface area contributed by atoms with Gasteiger partial charge in [-0.25, -0.2) is 0 Å². The normalized spacial score (nSPS) is 21.7. The summed E-state index contributed by atoms with van der Waals surface area (Å²) < 4.78 is 5.22. The van der Waals surface area contributed by atoms with Crippen molar-refractivity contribution in [2.45, 2.75) is 32.2 Å². The quantitative estimate of drug-likeness (QED) is 0.907. The maximum absolute atomic E-state index is 6.35. The summed E-state index contributed by atoms with van der Waals surface area (Å²) >= 11 is 0. The number of nitrogens with zero attached hydrogens (tertiary/aromatic N) is 1. The third-order valence-electron chi connectivity index (χ3n) is 4.64. The van der Waals surface area contributed by atoms with E-state index < -0.39 is 0 Å². The maximum atomic E-state index is 6.35. The van der Waals surface area contributed by atoms with Crippen molar-refractivity contribution in [2.75, 3.05) is 7.11 Å². The van der Waals surface area contributed by atoms with E-state index in [1.165, 1.54) is 11.1 Å². The number of methoxy groups -OCH3 is 1. The van der Waals surface area contributed by atoms with Crippen LogP contribution in [-0.4, -0.2) is 23.8 Å². The van der Waals surface area contributed by atoms with Gasteiger partial charge in [0.15, 0.2) is 0 Å². The summed E-state index contributed by atoms with van der Waals surface area (Å²) in [7, 11) is 1.68. The van der Waals surface area contributed by atoms with Crippen molar-refractivity contribution >= 4 is 6.08 Å². The molecule has 0 aromatic heterocycles. The smallest absolute Gasteiger partial charge is 0.133 e. The zero-order valence-electron chi connectivity index (χ0n) is 14.5. The lowest BCUT2D eigenvalue weighted by Crippen LogP contribution is -2.48. The lowest BCUT2D eigenvalue weighted by molar-refractivity contribution is 0.131. The van der Waals surface area contributed by atoms with E-state index in [0.29, 0.717) is 0 Å². The summed E-state index contributed by atoms with van der Waals surface area (Å²) in [4.78, 5) is 2.27. The molecule has 4 nitrogen and oxygen atoms in total. The molecule has 24 heavy (non-hydrogen) atoms. The molecule has 0 saturated carbocycles. The summed E-state index contributed by atoms with van der Waals surface area (Å²) in [5, 5.41) is 3.43. The first-order valence-corrected chi connectivity index (χ1v) is 8.20. The lowest BCUT2D eigenvalue weighted by Gasteiger charge is -2.32. The second-order valence-electron chi connectivity index (χ2n) is 6.59. The van der Waals surface area contributed by atoms with E-state index in [9.17, 15) is 0 Å². The van der Waals surface area contributed by atoms with Crippen LogP contribution < -0.4 is 15.8 Å². The standard InChI is InChI=1S/C20H25N3O/c1-20(2)18(13-15-7-5-4-6-8-15)22-19(21)23(20)14-16-9-11-17(24-3)12-10-16/h4-13,19,22H,14,21H2,1-3H3/b18-13-. The van der Waals surface area contributed by atoms with Crippen molar-refractivity contribution in [2.24, 2.45) is 5.73 Å². The second kappa shape index (κ2) is 6.67. The van der Waals surface area contributed by atoms with Crippen LogP contribution in [0.25, 0.3) is 6.08 Å². The minimum Gasteiger partial charge on any atom is -0.497 e. The van der Waals surface area contributed by atoms with E-state index in [0.717, 1.165) is 18.0 Å². The summed E-state index contributed by atoms with van der Waals surface area (Å²) in [5.41, 5.74) is 9.70. The van der Waals surface area contributed by atoms with E-state index in [1.807, 2.05) is 30.3 Å².